The topological polar surface area (TPSA) is 69.7 Å². The Morgan fingerprint density at radius 1 is 1.21 bits per heavy atom. The number of nitrogens with zero attached hydrogens (tertiary/aromatic N) is 2. The number of carbonyl (C=O) groups excluding carboxylic acids is 3. The molecule has 1 aromatic carbocycles. The first-order chi connectivity index (χ1) is 11.5. The van der Waals surface area contributed by atoms with Gasteiger partial charge < -0.3 is 10.2 Å². The Morgan fingerprint density at radius 2 is 1.79 bits per heavy atom. The summed E-state index contributed by atoms with van der Waals surface area (Å²) < 4.78 is 0. The van der Waals surface area contributed by atoms with Gasteiger partial charge in [0.2, 0.25) is 5.91 Å². The van der Waals surface area contributed by atoms with Crippen LogP contribution in [0.5, 0.6) is 0 Å². The standard InChI is InChI=1S/C17H23N3O3S/c1-19(2)10-9-18-15(21)14(8-11-24-3)20-16(22)12-6-4-5-7-13(12)17(20)23/h4-7,14H,8-11H2,1-3H3,(H,18,21). The minimum Gasteiger partial charge on any atom is -0.353 e. The smallest absolute Gasteiger partial charge is 0.262 e. The van der Waals surface area contributed by atoms with E-state index in [1.165, 1.54) is 0 Å². The van der Waals surface area contributed by atoms with E-state index in [0.717, 1.165) is 4.90 Å². The highest BCUT2D eigenvalue weighted by Crippen LogP contribution is 2.26. The molecule has 1 aliphatic rings. The molecule has 7 heteroatoms. The fraction of sp³-hybridized carbons (Fsp3) is 0.471. The molecule has 1 unspecified atom stereocenters. The molecular weight excluding hydrogens is 326 g/mol. The molecule has 1 atom stereocenters. The first-order valence-corrected chi connectivity index (χ1v) is 9.25. The lowest BCUT2D eigenvalue weighted by molar-refractivity contribution is -0.125. The Bertz CT molecular complexity index is 598. The lowest BCUT2D eigenvalue weighted by atomic mass is 10.1. The first kappa shape index (κ1) is 18.5. The average Bonchev–Trinajstić information content (AvgIpc) is 2.80. The van der Waals surface area contributed by atoms with Gasteiger partial charge in [-0.2, -0.15) is 11.8 Å². The second-order valence-corrected chi connectivity index (χ2v) is 6.90. The molecule has 130 valence electrons. The van der Waals surface area contributed by atoms with Gasteiger partial charge in [-0.1, -0.05) is 12.1 Å². The van der Waals surface area contributed by atoms with Crippen LogP contribution in [0.25, 0.3) is 0 Å². The Kier molecular flexibility index (Phi) is 6.39. The van der Waals surface area contributed by atoms with E-state index >= 15 is 0 Å². The molecule has 1 heterocycles. The maximum absolute atomic E-state index is 12.6. The predicted octanol–water partition coefficient (Wildman–Crippen LogP) is 1.08. The van der Waals surface area contributed by atoms with Crippen molar-refractivity contribution in [3.8, 4) is 0 Å². The third kappa shape index (κ3) is 3.96. The van der Waals surface area contributed by atoms with Crippen molar-refractivity contribution in [1.82, 2.24) is 15.1 Å². The zero-order chi connectivity index (χ0) is 17.7. The number of hydrogen-bond acceptors (Lipinski definition) is 5. The van der Waals surface area contributed by atoms with Gasteiger partial charge in [0, 0.05) is 13.1 Å². The summed E-state index contributed by atoms with van der Waals surface area (Å²) in [5.74, 6) is -0.353. The number of carbonyl (C=O) groups is 3. The molecule has 0 radical (unpaired) electrons. The second kappa shape index (κ2) is 8.30. The Labute approximate surface area is 146 Å². The largest absolute Gasteiger partial charge is 0.353 e. The van der Waals surface area contributed by atoms with Crippen molar-refractivity contribution in [2.45, 2.75) is 12.5 Å². The van der Waals surface area contributed by atoms with Crippen LogP contribution >= 0.6 is 11.8 Å². The van der Waals surface area contributed by atoms with Crippen molar-refractivity contribution in [3.05, 3.63) is 35.4 Å². The molecule has 6 nitrogen and oxygen atoms in total. The Hall–Kier alpha value is -1.86. The van der Waals surface area contributed by atoms with E-state index in [1.54, 1.807) is 36.0 Å². The van der Waals surface area contributed by atoms with Crippen LogP contribution in [0.15, 0.2) is 24.3 Å². The van der Waals surface area contributed by atoms with Crippen molar-refractivity contribution in [2.24, 2.45) is 0 Å². The van der Waals surface area contributed by atoms with Gasteiger partial charge in [0.05, 0.1) is 11.1 Å². The molecule has 1 aromatic rings. The van der Waals surface area contributed by atoms with E-state index in [1.807, 2.05) is 25.3 Å². The van der Waals surface area contributed by atoms with Crippen molar-refractivity contribution in [3.63, 3.8) is 0 Å². The molecule has 0 saturated carbocycles. The quantitative estimate of drug-likeness (QED) is 0.711. The van der Waals surface area contributed by atoms with Crippen LogP contribution in [0.1, 0.15) is 27.1 Å². The molecule has 0 saturated heterocycles. The van der Waals surface area contributed by atoms with Gasteiger partial charge in [-0.3, -0.25) is 19.3 Å². The molecule has 3 amide bonds. The number of fused-ring (bicyclic) bond motifs is 1. The van der Waals surface area contributed by atoms with Crippen molar-refractivity contribution in [2.75, 3.05) is 39.2 Å². The summed E-state index contributed by atoms with van der Waals surface area (Å²) in [5.41, 5.74) is 0.746. The summed E-state index contributed by atoms with van der Waals surface area (Å²) in [6.45, 7) is 1.17. The summed E-state index contributed by atoms with van der Waals surface area (Å²) in [7, 11) is 3.84. The summed E-state index contributed by atoms with van der Waals surface area (Å²) in [6.07, 6.45) is 2.38. The predicted molar refractivity (Wildman–Crippen MR) is 95.3 cm³/mol. The molecule has 2 rings (SSSR count). The highest BCUT2D eigenvalue weighted by Gasteiger charge is 2.42. The fourth-order valence-electron chi connectivity index (χ4n) is 2.62. The van der Waals surface area contributed by atoms with Crippen molar-refractivity contribution < 1.29 is 14.4 Å². The SMILES string of the molecule is CSCCC(C(=O)NCCN(C)C)N1C(=O)c2ccccc2C1=O. The number of nitrogens with one attached hydrogen (secondary N) is 1. The molecule has 0 aromatic heterocycles. The number of hydrogen-bond donors (Lipinski definition) is 1. The molecule has 0 spiro atoms. The van der Waals surface area contributed by atoms with E-state index in [-0.39, 0.29) is 17.7 Å². The summed E-state index contributed by atoms with van der Waals surface area (Å²) in [6, 6.07) is 5.94. The molecule has 0 fully saturated rings. The Balaban J connectivity index is 2.17. The molecule has 0 bridgehead atoms. The van der Waals surface area contributed by atoms with Crippen molar-refractivity contribution >= 4 is 29.5 Å². The number of amides is 3. The van der Waals surface area contributed by atoms with Gasteiger partial charge in [-0.05, 0) is 44.7 Å². The minimum atomic E-state index is -0.771. The summed E-state index contributed by atoms with van der Waals surface area (Å²) in [5, 5.41) is 2.83. The van der Waals surface area contributed by atoms with Crippen LogP contribution < -0.4 is 5.32 Å². The number of imide groups is 1. The second-order valence-electron chi connectivity index (χ2n) is 5.92. The maximum atomic E-state index is 12.6. The van der Waals surface area contributed by atoms with Crippen LogP contribution in [-0.4, -0.2) is 72.8 Å². The van der Waals surface area contributed by atoms with Gasteiger partial charge in [0.15, 0.2) is 0 Å². The minimum absolute atomic E-state index is 0.277. The molecule has 1 aliphatic heterocycles. The van der Waals surface area contributed by atoms with Crippen LogP contribution in [-0.2, 0) is 4.79 Å². The van der Waals surface area contributed by atoms with Gasteiger partial charge in [-0.15, -0.1) is 0 Å². The number of benzene rings is 1. The third-order valence-electron chi connectivity index (χ3n) is 3.89. The van der Waals surface area contributed by atoms with Gasteiger partial charge in [0.1, 0.15) is 6.04 Å². The number of likely N-dealkylation sites (N-methyl/N-ethyl adjacent to an activating group) is 1. The zero-order valence-corrected chi connectivity index (χ0v) is 15.1. The highest BCUT2D eigenvalue weighted by atomic mass is 32.2. The molecule has 0 aliphatic carbocycles. The lowest BCUT2D eigenvalue weighted by Gasteiger charge is -2.25. The third-order valence-corrected chi connectivity index (χ3v) is 4.54. The average molecular weight is 349 g/mol. The van der Waals surface area contributed by atoms with Crippen LogP contribution in [0.3, 0.4) is 0 Å². The van der Waals surface area contributed by atoms with Crippen molar-refractivity contribution in [1.29, 1.82) is 0 Å². The molecular formula is C17H23N3O3S. The zero-order valence-electron chi connectivity index (χ0n) is 14.2. The molecule has 24 heavy (non-hydrogen) atoms. The normalized spacial score (nSPS) is 14.9. The lowest BCUT2D eigenvalue weighted by Crippen LogP contribution is -2.50. The summed E-state index contributed by atoms with van der Waals surface area (Å²) >= 11 is 1.58. The van der Waals surface area contributed by atoms with Crippen LogP contribution in [0, 0.1) is 0 Å². The Morgan fingerprint density at radius 3 is 2.29 bits per heavy atom. The van der Waals surface area contributed by atoms with E-state index in [4.69, 9.17) is 0 Å². The van der Waals surface area contributed by atoms with Crippen LogP contribution in [0.4, 0.5) is 0 Å². The number of rotatable bonds is 8. The highest BCUT2D eigenvalue weighted by molar-refractivity contribution is 7.98. The summed E-state index contributed by atoms with van der Waals surface area (Å²) in [4.78, 5) is 40.9. The van der Waals surface area contributed by atoms with E-state index in [0.29, 0.717) is 36.4 Å². The van der Waals surface area contributed by atoms with Gasteiger partial charge >= 0.3 is 0 Å². The maximum Gasteiger partial charge on any atom is 0.262 e. The first-order valence-electron chi connectivity index (χ1n) is 7.85. The van der Waals surface area contributed by atoms with E-state index < -0.39 is 6.04 Å². The molecule has 1 N–H and O–H groups in total. The number of thioether (sulfide) groups is 1. The van der Waals surface area contributed by atoms with E-state index in [2.05, 4.69) is 5.32 Å². The monoisotopic (exact) mass is 349 g/mol. The van der Waals surface area contributed by atoms with Crippen LogP contribution in [0.2, 0.25) is 0 Å². The fourth-order valence-corrected chi connectivity index (χ4v) is 3.08. The van der Waals surface area contributed by atoms with Gasteiger partial charge in [-0.25, -0.2) is 0 Å². The van der Waals surface area contributed by atoms with Gasteiger partial charge in [0.25, 0.3) is 11.8 Å². The van der Waals surface area contributed by atoms with E-state index in [9.17, 15) is 14.4 Å².